The average Bonchev–Trinajstić information content (AvgIpc) is 2.77. The Hall–Kier alpha value is -1.56. The SMILES string of the molecule is CCCC.c1ccc2c(c1)Cc1ccccc1-2. The Morgan fingerprint density at radius 2 is 1.12 bits per heavy atom. The third kappa shape index (κ3) is 2.58. The molecule has 1 aliphatic rings. The third-order valence-electron chi connectivity index (χ3n) is 3.21. The Morgan fingerprint density at radius 3 is 1.53 bits per heavy atom. The first-order chi connectivity index (χ1) is 8.36. The molecule has 0 aliphatic heterocycles. The highest BCUT2D eigenvalue weighted by molar-refractivity contribution is 5.76. The molecule has 0 nitrogen and oxygen atoms in total. The summed E-state index contributed by atoms with van der Waals surface area (Å²) in [7, 11) is 0. The number of fused-ring (bicyclic) bond motifs is 3. The molecule has 0 atom stereocenters. The van der Waals surface area contributed by atoms with E-state index in [0.717, 1.165) is 6.42 Å². The molecule has 0 N–H and O–H groups in total. The van der Waals surface area contributed by atoms with Crippen molar-refractivity contribution in [2.75, 3.05) is 0 Å². The van der Waals surface area contributed by atoms with E-state index < -0.39 is 0 Å². The van der Waals surface area contributed by atoms with Gasteiger partial charge in [-0.15, -0.1) is 0 Å². The zero-order valence-corrected chi connectivity index (χ0v) is 10.7. The molecule has 0 bridgehead atoms. The van der Waals surface area contributed by atoms with E-state index >= 15 is 0 Å². The number of unbranched alkanes of at least 4 members (excludes halogenated alkanes) is 1. The van der Waals surface area contributed by atoms with Crippen LogP contribution in [0.25, 0.3) is 11.1 Å². The summed E-state index contributed by atoms with van der Waals surface area (Å²) in [5, 5.41) is 0. The van der Waals surface area contributed by atoms with Crippen LogP contribution in [0.15, 0.2) is 48.5 Å². The predicted molar refractivity (Wildman–Crippen MR) is 75.3 cm³/mol. The Balaban J connectivity index is 0.000000239. The van der Waals surface area contributed by atoms with Crippen LogP contribution in [-0.2, 0) is 6.42 Å². The first-order valence-corrected chi connectivity index (χ1v) is 6.53. The molecule has 2 aromatic rings. The van der Waals surface area contributed by atoms with Gasteiger partial charge in [-0.2, -0.15) is 0 Å². The van der Waals surface area contributed by atoms with Crippen molar-refractivity contribution in [1.82, 2.24) is 0 Å². The maximum Gasteiger partial charge on any atom is -0.00135 e. The van der Waals surface area contributed by atoms with E-state index in [1.807, 2.05) is 0 Å². The summed E-state index contributed by atoms with van der Waals surface area (Å²) in [5.74, 6) is 0. The van der Waals surface area contributed by atoms with E-state index in [9.17, 15) is 0 Å². The summed E-state index contributed by atoms with van der Waals surface area (Å²) in [5.41, 5.74) is 5.75. The lowest BCUT2D eigenvalue weighted by molar-refractivity contribution is 0.886. The van der Waals surface area contributed by atoms with Crippen LogP contribution < -0.4 is 0 Å². The highest BCUT2D eigenvalue weighted by atomic mass is 14.2. The maximum atomic E-state index is 2.22. The number of benzene rings is 2. The summed E-state index contributed by atoms with van der Waals surface area (Å²) in [4.78, 5) is 0. The van der Waals surface area contributed by atoms with E-state index in [1.54, 1.807) is 0 Å². The zero-order valence-electron chi connectivity index (χ0n) is 10.7. The third-order valence-corrected chi connectivity index (χ3v) is 3.21. The minimum atomic E-state index is 1.10. The number of rotatable bonds is 1. The van der Waals surface area contributed by atoms with Gasteiger partial charge in [0.25, 0.3) is 0 Å². The molecule has 0 spiro atoms. The van der Waals surface area contributed by atoms with Gasteiger partial charge in [-0.1, -0.05) is 75.2 Å². The topological polar surface area (TPSA) is 0 Å². The maximum absolute atomic E-state index is 2.22. The second kappa shape index (κ2) is 5.67. The normalized spacial score (nSPS) is 11.2. The van der Waals surface area contributed by atoms with Gasteiger partial charge in [0.05, 0.1) is 0 Å². The quantitative estimate of drug-likeness (QED) is 0.541. The fourth-order valence-electron chi connectivity index (χ4n) is 2.08. The molecule has 0 aromatic heterocycles. The van der Waals surface area contributed by atoms with Crippen LogP contribution in [-0.4, -0.2) is 0 Å². The second-order valence-corrected chi connectivity index (χ2v) is 4.49. The lowest BCUT2D eigenvalue weighted by Gasteiger charge is -1.98. The van der Waals surface area contributed by atoms with Crippen LogP contribution in [0, 0.1) is 0 Å². The molecule has 0 heterocycles. The largest absolute Gasteiger partial charge is 0.0654 e. The molecule has 0 heteroatoms. The molecule has 1 aliphatic carbocycles. The molecule has 3 rings (SSSR count). The smallest absolute Gasteiger partial charge is 0.00135 e. The molecule has 2 aromatic carbocycles. The lowest BCUT2D eigenvalue weighted by atomic mass is 10.1. The molecule has 0 radical (unpaired) electrons. The zero-order chi connectivity index (χ0) is 12.1. The predicted octanol–water partition coefficient (Wildman–Crippen LogP) is 5.06. The molecular weight excluding hydrogens is 204 g/mol. The lowest BCUT2D eigenvalue weighted by Crippen LogP contribution is -1.77. The van der Waals surface area contributed by atoms with Crippen LogP contribution in [0.5, 0.6) is 0 Å². The summed E-state index contributed by atoms with van der Waals surface area (Å²) in [6.45, 7) is 4.36. The Labute approximate surface area is 104 Å². The molecule has 17 heavy (non-hydrogen) atoms. The highest BCUT2D eigenvalue weighted by Crippen LogP contribution is 2.35. The molecule has 0 amide bonds. The van der Waals surface area contributed by atoms with Crippen molar-refractivity contribution < 1.29 is 0 Å². The summed E-state index contributed by atoms with van der Waals surface area (Å²) >= 11 is 0. The first-order valence-electron chi connectivity index (χ1n) is 6.53. The Kier molecular flexibility index (Phi) is 3.98. The molecule has 0 saturated heterocycles. The van der Waals surface area contributed by atoms with Gasteiger partial charge in [-0.05, 0) is 28.7 Å². The van der Waals surface area contributed by atoms with Crippen LogP contribution in [0.1, 0.15) is 37.8 Å². The van der Waals surface area contributed by atoms with E-state index in [-0.39, 0.29) is 0 Å². The van der Waals surface area contributed by atoms with Crippen molar-refractivity contribution in [1.29, 1.82) is 0 Å². The Bertz CT molecular complexity index is 437. The van der Waals surface area contributed by atoms with Crippen molar-refractivity contribution in [2.45, 2.75) is 33.1 Å². The fraction of sp³-hybridized carbons (Fsp3) is 0.294. The van der Waals surface area contributed by atoms with Gasteiger partial charge in [0.15, 0.2) is 0 Å². The second-order valence-electron chi connectivity index (χ2n) is 4.49. The van der Waals surface area contributed by atoms with Crippen LogP contribution >= 0.6 is 0 Å². The number of hydrogen-bond acceptors (Lipinski definition) is 0. The monoisotopic (exact) mass is 224 g/mol. The van der Waals surface area contributed by atoms with Crippen molar-refractivity contribution in [3.8, 4) is 11.1 Å². The molecular formula is C17H20. The van der Waals surface area contributed by atoms with E-state index in [4.69, 9.17) is 0 Å². The van der Waals surface area contributed by atoms with Crippen LogP contribution in [0.3, 0.4) is 0 Å². The van der Waals surface area contributed by atoms with Gasteiger partial charge in [0, 0.05) is 0 Å². The summed E-state index contributed by atoms with van der Waals surface area (Å²) < 4.78 is 0. The summed E-state index contributed by atoms with van der Waals surface area (Å²) in [6.07, 6.45) is 3.74. The van der Waals surface area contributed by atoms with Crippen molar-refractivity contribution in [3.05, 3.63) is 59.7 Å². The molecule has 0 saturated carbocycles. The minimum Gasteiger partial charge on any atom is -0.0654 e. The first kappa shape index (κ1) is 11.9. The Morgan fingerprint density at radius 1 is 0.706 bits per heavy atom. The van der Waals surface area contributed by atoms with Gasteiger partial charge in [0.2, 0.25) is 0 Å². The van der Waals surface area contributed by atoms with Gasteiger partial charge in [-0.25, -0.2) is 0 Å². The van der Waals surface area contributed by atoms with Gasteiger partial charge in [0.1, 0.15) is 0 Å². The van der Waals surface area contributed by atoms with Crippen LogP contribution in [0.2, 0.25) is 0 Å². The standard InChI is InChI=1S/C13H10.C4H10/c1-3-7-12-10(5-1)9-11-6-2-4-8-13(11)12;1-3-4-2/h1-8H,9H2;3-4H2,1-2H3. The van der Waals surface area contributed by atoms with Crippen LogP contribution in [0.4, 0.5) is 0 Å². The highest BCUT2D eigenvalue weighted by Gasteiger charge is 2.15. The van der Waals surface area contributed by atoms with Gasteiger partial charge in [-0.3, -0.25) is 0 Å². The molecule has 0 unspecified atom stereocenters. The number of hydrogen-bond donors (Lipinski definition) is 0. The van der Waals surface area contributed by atoms with Gasteiger partial charge < -0.3 is 0 Å². The fourth-order valence-corrected chi connectivity index (χ4v) is 2.08. The van der Waals surface area contributed by atoms with Crippen molar-refractivity contribution in [2.24, 2.45) is 0 Å². The summed E-state index contributed by atoms with van der Waals surface area (Å²) in [6, 6.07) is 17.3. The van der Waals surface area contributed by atoms with E-state index in [1.165, 1.54) is 35.1 Å². The molecule has 88 valence electrons. The van der Waals surface area contributed by atoms with E-state index in [2.05, 4.69) is 62.4 Å². The minimum absolute atomic E-state index is 1.10. The molecule has 0 fully saturated rings. The average molecular weight is 224 g/mol. The van der Waals surface area contributed by atoms with Crippen molar-refractivity contribution >= 4 is 0 Å². The van der Waals surface area contributed by atoms with Crippen molar-refractivity contribution in [3.63, 3.8) is 0 Å². The van der Waals surface area contributed by atoms with Gasteiger partial charge >= 0.3 is 0 Å². The van der Waals surface area contributed by atoms with E-state index in [0.29, 0.717) is 0 Å².